The Morgan fingerprint density at radius 1 is 1.36 bits per heavy atom. The van der Waals surface area contributed by atoms with E-state index >= 15 is 0 Å². The van der Waals surface area contributed by atoms with Crippen LogP contribution >= 0.6 is 0 Å². The Morgan fingerprint density at radius 3 is 2.64 bits per heavy atom. The molecule has 0 aliphatic heterocycles. The van der Waals surface area contributed by atoms with Crippen LogP contribution < -0.4 is 11.1 Å². The van der Waals surface area contributed by atoms with Gasteiger partial charge >= 0.3 is 0 Å². The van der Waals surface area contributed by atoms with Crippen LogP contribution in [0.3, 0.4) is 0 Å². The molecular weight excluding hydrogens is 280 g/mol. The molecule has 0 bridgehead atoms. The summed E-state index contributed by atoms with van der Waals surface area (Å²) in [6.45, 7) is 6.03. The molecule has 22 heavy (non-hydrogen) atoms. The van der Waals surface area contributed by atoms with E-state index < -0.39 is 5.41 Å². The van der Waals surface area contributed by atoms with Crippen molar-refractivity contribution in [2.24, 2.45) is 11.1 Å². The average molecular weight is 302 g/mol. The van der Waals surface area contributed by atoms with Crippen molar-refractivity contribution < 1.29 is 9.32 Å². The third-order valence-corrected chi connectivity index (χ3v) is 4.13. The number of carbonyl (C=O) groups excluding carboxylic acids is 1. The van der Waals surface area contributed by atoms with Gasteiger partial charge in [0.1, 0.15) is 0 Å². The van der Waals surface area contributed by atoms with Crippen LogP contribution in [-0.4, -0.2) is 22.6 Å². The van der Waals surface area contributed by atoms with E-state index in [9.17, 15) is 4.79 Å². The number of carbonyl (C=O) groups is 1. The second kappa shape index (κ2) is 6.70. The molecule has 0 saturated heterocycles. The number of rotatable bonds is 6. The maximum absolute atomic E-state index is 12.5. The van der Waals surface area contributed by atoms with Gasteiger partial charge in [0, 0.05) is 24.7 Å². The monoisotopic (exact) mass is 302 g/mol. The molecule has 0 unspecified atom stereocenters. The Labute approximate surface area is 130 Å². The first-order valence-corrected chi connectivity index (χ1v) is 7.47. The zero-order valence-electron chi connectivity index (χ0n) is 13.2. The van der Waals surface area contributed by atoms with E-state index in [0.717, 1.165) is 5.56 Å². The number of nitrogens with zero attached hydrogens (tertiary/aromatic N) is 2. The molecule has 1 heterocycles. The van der Waals surface area contributed by atoms with Crippen molar-refractivity contribution in [2.45, 2.75) is 33.6 Å². The fourth-order valence-corrected chi connectivity index (χ4v) is 2.37. The summed E-state index contributed by atoms with van der Waals surface area (Å²) in [5.41, 5.74) is 6.78. The zero-order chi connectivity index (χ0) is 16.2. The lowest BCUT2D eigenvalue weighted by Crippen LogP contribution is -2.41. The summed E-state index contributed by atoms with van der Waals surface area (Å²) < 4.78 is 4.98. The molecule has 0 aliphatic carbocycles. The number of nitrogens with two attached hydrogens (primary N) is 1. The lowest BCUT2D eigenvalue weighted by molar-refractivity contribution is -0.125. The molecular formula is C16H22N4O2. The molecule has 0 saturated carbocycles. The van der Waals surface area contributed by atoms with Gasteiger partial charge in [-0.15, -0.1) is 0 Å². The Hall–Kier alpha value is -2.21. The molecule has 6 nitrogen and oxygen atoms in total. The third kappa shape index (κ3) is 3.17. The Morgan fingerprint density at radius 2 is 2.09 bits per heavy atom. The van der Waals surface area contributed by atoms with Crippen LogP contribution in [0, 0.1) is 12.3 Å². The lowest BCUT2D eigenvalue weighted by Gasteiger charge is -2.28. The summed E-state index contributed by atoms with van der Waals surface area (Å²) in [6.07, 6.45) is 1.41. The van der Waals surface area contributed by atoms with Gasteiger partial charge in [-0.1, -0.05) is 31.1 Å². The van der Waals surface area contributed by atoms with E-state index in [2.05, 4.69) is 15.5 Å². The number of aryl methyl sites for hydroxylation is 1. The predicted octanol–water partition coefficient (Wildman–Crippen LogP) is 2.75. The van der Waals surface area contributed by atoms with Crippen molar-refractivity contribution in [1.29, 1.82) is 0 Å². The molecule has 2 aromatic rings. The van der Waals surface area contributed by atoms with Gasteiger partial charge < -0.3 is 15.6 Å². The van der Waals surface area contributed by atoms with Gasteiger partial charge in [0.15, 0.2) is 0 Å². The van der Waals surface area contributed by atoms with E-state index in [-0.39, 0.29) is 5.91 Å². The Bertz CT molecular complexity index is 639. The van der Waals surface area contributed by atoms with Crippen LogP contribution in [0.2, 0.25) is 0 Å². The normalized spacial score (nSPS) is 11.5. The van der Waals surface area contributed by atoms with Gasteiger partial charge in [0.05, 0.1) is 5.41 Å². The van der Waals surface area contributed by atoms with Crippen molar-refractivity contribution >= 4 is 11.6 Å². The Kier molecular flexibility index (Phi) is 4.92. The van der Waals surface area contributed by atoms with Gasteiger partial charge in [-0.2, -0.15) is 4.98 Å². The van der Waals surface area contributed by atoms with Crippen molar-refractivity contribution in [3.63, 3.8) is 0 Å². The molecule has 0 radical (unpaired) electrons. The predicted molar refractivity (Wildman–Crippen MR) is 85.2 cm³/mol. The summed E-state index contributed by atoms with van der Waals surface area (Å²) in [6, 6.07) is 7.38. The molecule has 2 rings (SSSR count). The van der Waals surface area contributed by atoms with E-state index in [1.807, 2.05) is 38.1 Å². The summed E-state index contributed by atoms with van der Waals surface area (Å²) >= 11 is 0. The molecule has 0 atom stereocenters. The highest BCUT2D eigenvalue weighted by atomic mass is 16.5. The first kappa shape index (κ1) is 16.2. The minimum absolute atomic E-state index is 0.0542. The first-order valence-electron chi connectivity index (χ1n) is 7.47. The van der Waals surface area contributed by atoms with E-state index in [0.29, 0.717) is 36.8 Å². The number of hydrogen-bond donors (Lipinski definition) is 2. The van der Waals surface area contributed by atoms with Crippen molar-refractivity contribution in [2.75, 3.05) is 11.9 Å². The highest BCUT2D eigenvalue weighted by Gasteiger charge is 2.33. The standard InChI is InChI=1S/C16H22N4O2/c1-4-16(5-2,10-17)15(21)19-13-8-6-7-12(9-13)14-18-11(3)22-20-14/h6-9H,4-5,10,17H2,1-3H3,(H,19,21). The molecule has 1 aromatic heterocycles. The molecule has 1 aromatic carbocycles. The van der Waals surface area contributed by atoms with Crippen LogP contribution in [0.5, 0.6) is 0 Å². The molecule has 0 aliphatic rings. The van der Waals surface area contributed by atoms with Crippen molar-refractivity contribution in [3.05, 3.63) is 30.2 Å². The van der Waals surface area contributed by atoms with Crippen LogP contribution in [-0.2, 0) is 4.79 Å². The number of aromatic nitrogens is 2. The van der Waals surface area contributed by atoms with Crippen LogP contribution in [0.4, 0.5) is 5.69 Å². The number of anilines is 1. The van der Waals surface area contributed by atoms with Crippen LogP contribution in [0.15, 0.2) is 28.8 Å². The molecule has 3 N–H and O–H groups in total. The summed E-state index contributed by atoms with van der Waals surface area (Å²) in [5, 5.41) is 6.83. The maximum atomic E-state index is 12.5. The van der Waals surface area contributed by atoms with Gasteiger partial charge in [-0.25, -0.2) is 0 Å². The number of amides is 1. The quantitative estimate of drug-likeness (QED) is 0.855. The molecule has 0 spiro atoms. The van der Waals surface area contributed by atoms with Gasteiger partial charge in [-0.05, 0) is 25.0 Å². The highest BCUT2D eigenvalue weighted by Crippen LogP contribution is 2.28. The number of benzene rings is 1. The first-order chi connectivity index (χ1) is 10.5. The molecule has 0 fully saturated rings. The summed E-state index contributed by atoms with van der Waals surface area (Å²) in [5.74, 6) is 0.953. The minimum Gasteiger partial charge on any atom is -0.339 e. The fraction of sp³-hybridized carbons (Fsp3) is 0.438. The average Bonchev–Trinajstić information content (AvgIpc) is 2.96. The zero-order valence-corrected chi connectivity index (χ0v) is 13.2. The van der Waals surface area contributed by atoms with E-state index in [4.69, 9.17) is 10.3 Å². The van der Waals surface area contributed by atoms with Gasteiger partial charge in [0.25, 0.3) is 0 Å². The second-order valence-corrected chi connectivity index (χ2v) is 5.36. The smallest absolute Gasteiger partial charge is 0.231 e. The van der Waals surface area contributed by atoms with E-state index in [1.54, 1.807) is 6.92 Å². The van der Waals surface area contributed by atoms with Crippen LogP contribution in [0.25, 0.3) is 11.4 Å². The SMILES string of the molecule is CCC(CC)(CN)C(=O)Nc1cccc(-c2noc(C)n2)c1. The number of hydrogen-bond acceptors (Lipinski definition) is 5. The molecule has 118 valence electrons. The molecule has 6 heteroatoms. The number of nitrogens with one attached hydrogen (secondary N) is 1. The third-order valence-electron chi connectivity index (χ3n) is 4.13. The Balaban J connectivity index is 2.22. The molecule has 1 amide bonds. The minimum atomic E-state index is -0.529. The second-order valence-electron chi connectivity index (χ2n) is 5.36. The summed E-state index contributed by atoms with van der Waals surface area (Å²) in [7, 11) is 0. The largest absolute Gasteiger partial charge is 0.339 e. The highest BCUT2D eigenvalue weighted by molar-refractivity contribution is 5.95. The van der Waals surface area contributed by atoms with Crippen molar-refractivity contribution in [1.82, 2.24) is 10.1 Å². The van der Waals surface area contributed by atoms with Gasteiger partial charge in [-0.3, -0.25) is 4.79 Å². The van der Waals surface area contributed by atoms with Gasteiger partial charge in [0.2, 0.25) is 17.6 Å². The lowest BCUT2D eigenvalue weighted by atomic mass is 9.81. The fourth-order valence-electron chi connectivity index (χ4n) is 2.37. The van der Waals surface area contributed by atoms with Crippen molar-refractivity contribution in [3.8, 4) is 11.4 Å². The van der Waals surface area contributed by atoms with Crippen LogP contribution in [0.1, 0.15) is 32.6 Å². The van der Waals surface area contributed by atoms with E-state index in [1.165, 1.54) is 0 Å². The maximum Gasteiger partial charge on any atom is 0.231 e. The summed E-state index contributed by atoms with van der Waals surface area (Å²) in [4.78, 5) is 16.7. The topological polar surface area (TPSA) is 94.0 Å².